The average Bonchev–Trinajstić information content (AvgIpc) is 3.38. The number of benzene rings is 1. The van der Waals surface area contributed by atoms with Gasteiger partial charge in [0.15, 0.2) is 0 Å². The van der Waals surface area contributed by atoms with Crippen LogP contribution in [-0.2, 0) is 16.2 Å². The van der Waals surface area contributed by atoms with E-state index in [4.69, 9.17) is 10.9 Å². The Morgan fingerprint density at radius 1 is 1.06 bits per heavy atom. The van der Waals surface area contributed by atoms with Crippen LogP contribution < -0.4 is 10.9 Å². The molecule has 176 valence electrons. The third kappa shape index (κ3) is 4.81. The van der Waals surface area contributed by atoms with E-state index in [-0.39, 0.29) is 23.3 Å². The summed E-state index contributed by atoms with van der Waals surface area (Å²) in [5.74, 6) is 0.856. The van der Waals surface area contributed by atoms with Crippen molar-refractivity contribution in [1.29, 1.82) is 0 Å². The predicted molar refractivity (Wildman–Crippen MR) is 111 cm³/mol. The summed E-state index contributed by atoms with van der Waals surface area (Å²) in [5, 5.41) is 18.4. The Kier molecular flexibility index (Phi) is 6.29. The van der Waals surface area contributed by atoms with Crippen molar-refractivity contribution in [2.45, 2.75) is 74.4 Å². The van der Waals surface area contributed by atoms with E-state index in [1.54, 1.807) is 0 Å². The van der Waals surface area contributed by atoms with Gasteiger partial charge in [0.25, 0.3) is 0 Å². The molecule has 0 radical (unpaired) electrons. The molecule has 12 heteroatoms. The molecule has 0 bridgehead atoms. The van der Waals surface area contributed by atoms with E-state index < -0.39 is 26.7 Å². The minimum atomic E-state index is -4.90. The van der Waals surface area contributed by atoms with Gasteiger partial charge in [-0.3, -0.25) is 0 Å². The lowest BCUT2D eigenvalue weighted by atomic mass is 9.74. The molecule has 2 saturated carbocycles. The van der Waals surface area contributed by atoms with Gasteiger partial charge in [0.1, 0.15) is 4.90 Å². The fraction of sp³-hybridized carbons (Fsp3) is 0.650. The summed E-state index contributed by atoms with van der Waals surface area (Å²) in [6.07, 6.45) is 2.81. The summed E-state index contributed by atoms with van der Waals surface area (Å²) in [6.45, 7) is 0. The zero-order chi connectivity index (χ0) is 23.1. The van der Waals surface area contributed by atoms with E-state index in [0.717, 1.165) is 57.4 Å². The summed E-state index contributed by atoms with van der Waals surface area (Å²) in [7, 11) is -4.72. The molecule has 2 aliphatic carbocycles. The molecular formula is C20H27F3N6O2S. The van der Waals surface area contributed by atoms with Crippen LogP contribution in [0.15, 0.2) is 17.0 Å². The third-order valence-corrected chi connectivity index (χ3v) is 7.88. The minimum absolute atomic E-state index is 0.117. The van der Waals surface area contributed by atoms with E-state index in [2.05, 4.69) is 20.6 Å². The number of alkyl halides is 3. The minimum Gasteiger partial charge on any atom is -0.328 e. The summed E-state index contributed by atoms with van der Waals surface area (Å²) < 4.78 is 65.6. The summed E-state index contributed by atoms with van der Waals surface area (Å²) in [6, 6.07) is 2.42. The summed E-state index contributed by atoms with van der Waals surface area (Å²) in [5.41, 5.74) is 4.96. The van der Waals surface area contributed by atoms with Crippen molar-refractivity contribution >= 4 is 10.0 Å². The number of rotatable bonds is 5. The van der Waals surface area contributed by atoms with Crippen molar-refractivity contribution in [2.75, 3.05) is 0 Å². The molecule has 2 atom stereocenters. The molecule has 2 unspecified atom stereocenters. The zero-order valence-corrected chi connectivity index (χ0v) is 18.3. The van der Waals surface area contributed by atoms with Gasteiger partial charge in [0.2, 0.25) is 15.8 Å². The summed E-state index contributed by atoms with van der Waals surface area (Å²) in [4.78, 5) is -0.994. The maximum Gasteiger partial charge on any atom is 0.417 e. The molecular weight excluding hydrogens is 445 g/mol. The van der Waals surface area contributed by atoms with Crippen LogP contribution in [0.4, 0.5) is 13.2 Å². The maximum atomic E-state index is 13.7. The molecule has 32 heavy (non-hydrogen) atoms. The molecule has 2 aliphatic rings. The van der Waals surface area contributed by atoms with Gasteiger partial charge in [-0.25, -0.2) is 13.6 Å². The van der Waals surface area contributed by atoms with Crippen LogP contribution in [0.5, 0.6) is 0 Å². The number of nitrogens with one attached hydrogen (secondary N) is 1. The van der Waals surface area contributed by atoms with Gasteiger partial charge in [-0.05, 0) is 86.0 Å². The topological polar surface area (TPSA) is 141 Å². The molecule has 0 amide bonds. The lowest BCUT2D eigenvalue weighted by Gasteiger charge is -2.31. The highest BCUT2D eigenvalue weighted by molar-refractivity contribution is 7.89. The van der Waals surface area contributed by atoms with Crippen LogP contribution >= 0.6 is 0 Å². The second-order valence-electron chi connectivity index (χ2n) is 9.08. The number of nitrogens with two attached hydrogens (primary N) is 2. The first kappa shape index (κ1) is 23.1. The van der Waals surface area contributed by atoms with Crippen LogP contribution in [0, 0.1) is 11.8 Å². The molecule has 1 heterocycles. The van der Waals surface area contributed by atoms with Crippen LogP contribution in [0.2, 0.25) is 0 Å². The third-order valence-electron chi connectivity index (χ3n) is 6.88. The number of tetrazole rings is 1. The van der Waals surface area contributed by atoms with Crippen LogP contribution in [0.3, 0.4) is 0 Å². The zero-order valence-electron chi connectivity index (χ0n) is 17.5. The summed E-state index contributed by atoms with van der Waals surface area (Å²) >= 11 is 0. The largest absolute Gasteiger partial charge is 0.417 e. The highest BCUT2D eigenvalue weighted by atomic mass is 32.2. The Bertz CT molecular complexity index is 1050. The average molecular weight is 473 g/mol. The quantitative estimate of drug-likeness (QED) is 0.610. The van der Waals surface area contributed by atoms with Crippen molar-refractivity contribution in [3.63, 3.8) is 0 Å². The Balaban J connectivity index is 1.66. The Morgan fingerprint density at radius 2 is 1.75 bits per heavy atom. The van der Waals surface area contributed by atoms with Crippen molar-refractivity contribution in [2.24, 2.45) is 22.7 Å². The first-order valence-corrected chi connectivity index (χ1v) is 12.3. The Morgan fingerprint density at radius 3 is 2.28 bits per heavy atom. The predicted octanol–water partition coefficient (Wildman–Crippen LogP) is 3.32. The first-order chi connectivity index (χ1) is 15.0. The van der Waals surface area contributed by atoms with E-state index in [0.29, 0.717) is 17.4 Å². The molecule has 1 aromatic heterocycles. The van der Waals surface area contributed by atoms with Gasteiger partial charge in [-0.1, -0.05) is 6.07 Å². The van der Waals surface area contributed by atoms with Gasteiger partial charge in [-0.2, -0.15) is 18.4 Å². The second-order valence-corrected chi connectivity index (χ2v) is 10.6. The smallest absolute Gasteiger partial charge is 0.328 e. The highest BCUT2D eigenvalue weighted by Crippen LogP contribution is 2.46. The van der Waals surface area contributed by atoms with Gasteiger partial charge >= 0.3 is 6.18 Å². The molecule has 4 rings (SSSR count). The molecule has 2 fully saturated rings. The molecule has 5 N–H and O–H groups in total. The van der Waals surface area contributed by atoms with Gasteiger partial charge in [0, 0.05) is 11.6 Å². The number of aromatic nitrogens is 4. The fourth-order valence-electron chi connectivity index (χ4n) is 5.46. The lowest BCUT2D eigenvalue weighted by Crippen LogP contribution is -2.23. The van der Waals surface area contributed by atoms with E-state index in [1.165, 1.54) is 6.07 Å². The molecule has 2 aromatic rings. The van der Waals surface area contributed by atoms with E-state index in [9.17, 15) is 21.6 Å². The first-order valence-electron chi connectivity index (χ1n) is 10.8. The van der Waals surface area contributed by atoms with Crippen molar-refractivity contribution in [3.05, 3.63) is 23.3 Å². The lowest BCUT2D eigenvalue weighted by molar-refractivity contribution is -0.139. The van der Waals surface area contributed by atoms with Gasteiger partial charge in [-0.15, -0.1) is 10.2 Å². The monoisotopic (exact) mass is 472 g/mol. The second kappa shape index (κ2) is 8.71. The van der Waals surface area contributed by atoms with Crippen LogP contribution in [-0.4, -0.2) is 35.1 Å². The maximum absolute atomic E-state index is 13.7. The number of hydrogen-bond acceptors (Lipinski definition) is 6. The Labute approximate surface area is 184 Å². The normalized spacial score (nSPS) is 27.0. The van der Waals surface area contributed by atoms with Crippen LogP contribution in [0.25, 0.3) is 11.4 Å². The molecule has 1 aromatic carbocycles. The van der Waals surface area contributed by atoms with Gasteiger partial charge in [0.05, 0.1) is 5.56 Å². The fourth-order valence-corrected chi connectivity index (χ4v) is 6.45. The SMILES string of the molecule is NC1CCC(CC2CCC(c3ccc(C(F)(F)F)c(S(N)(=O)=O)c3-c3nn[nH]n3)CC2)C1. The standard InChI is InChI=1S/C20H27F3N6O2S/c21-20(22,23)16-8-7-15(17(18(16)32(25,30)31)19-26-28-29-27-19)13-4-1-11(2-5-13)9-12-3-6-14(24)10-12/h7-8,11-14H,1-6,9-10,24H2,(H2,25,30,31)(H,26,27,28,29). The van der Waals surface area contributed by atoms with Crippen molar-refractivity contribution in [1.82, 2.24) is 20.6 Å². The molecule has 0 saturated heterocycles. The number of primary sulfonamides is 1. The number of H-pyrrole nitrogens is 1. The van der Waals surface area contributed by atoms with Crippen molar-refractivity contribution < 1.29 is 21.6 Å². The number of halogens is 3. The highest BCUT2D eigenvalue weighted by Gasteiger charge is 2.41. The van der Waals surface area contributed by atoms with Crippen LogP contribution in [0.1, 0.15) is 68.4 Å². The van der Waals surface area contributed by atoms with E-state index >= 15 is 0 Å². The molecule has 0 aliphatic heterocycles. The Hall–Kier alpha value is -2.05. The molecule has 0 spiro atoms. The van der Waals surface area contributed by atoms with Crippen molar-refractivity contribution in [3.8, 4) is 11.4 Å². The molecule has 8 nitrogen and oxygen atoms in total. The number of aromatic amines is 1. The number of hydrogen-bond donors (Lipinski definition) is 3. The number of sulfonamides is 1. The van der Waals surface area contributed by atoms with E-state index in [1.807, 2.05) is 0 Å². The number of nitrogens with zero attached hydrogens (tertiary/aromatic N) is 3. The van der Waals surface area contributed by atoms with Gasteiger partial charge < -0.3 is 5.73 Å².